The summed E-state index contributed by atoms with van der Waals surface area (Å²) < 4.78 is 2.03. The van der Waals surface area contributed by atoms with Crippen molar-refractivity contribution in [3.63, 3.8) is 0 Å². The summed E-state index contributed by atoms with van der Waals surface area (Å²) in [6.07, 6.45) is 1.04. The fraction of sp³-hybridized carbons (Fsp3) is 0.476. The summed E-state index contributed by atoms with van der Waals surface area (Å²) in [6, 6.07) is 10.2. The Labute approximate surface area is 164 Å². The van der Waals surface area contributed by atoms with Crippen molar-refractivity contribution >= 4 is 11.8 Å². The van der Waals surface area contributed by atoms with Crippen molar-refractivity contribution in [3.05, 3.63) is 63.1 Å². The molecule has 2 aliphatic rings. The smallest absolute Gasteiger partial charge is 0.223 e. The Kier molecular flexibility index (Phi) is 5.57. The summed E-state index contributed by atoms with van der Waals surface area (Å²) in [5.41, 5.74) is 4.25. The fourth-order valence-electron chi connectivity index (χ4n) is 4.01. The van der Waals surface area contributed by atoms with Crippen molar-refractivity contribution < 1.29 is 5.11 Å². The van der Waals surface area contributed by atoms with E-state index in [9.17, 15) is 9.90 Å². The highest BCUT2D eigenvalue weighted by molar-refractivity contribution is 7.99. The third-order valence-electron chi connectivity index (χ3n) is 5.71. The van der Waals surface area contributed by atoms with Crippen LogP contribution in [-0.4, -0.2) is 50.6 Å². The summed E-state index contributed by atoms with van der Waals surface area (Å²) in [5.74, 6) is 2.13. The molecule has 0 aliphatic carbocycles. The minimum Gasteiger partial charge on any atom is -0.503 e. The summed E-state index contributed by atoms with van der Waals surface area (Å²) in [7, 11) is 1.97. The van der Waals surface area contributed by atoms with Crippen LogP contribution >= 0.6 is 11.8 Å². The number of nitrogens with zero attached hydrogens (tertiary/aromatic N) is 3. The second-order valence-electron chi connectivity index (χ2n) is 7.47. The molecule has 0 amide bonds. The zero-order valence-corrected chi connectivity index (χ0v) is 16.7. The molecule has 6 heteroatoms. The van der Waals surface area contributed by atoms with Crippen LogP contribution in [0.4, 0.5) is 0 Å². The number of benzene rings is 1. The van der Waals surface area contributed by atoms with E-state index in [1.54, 1.807) is 6.07 Å². The lowest BCUT2D eigenvalue weighted by atomic mass is 10.00. The molecule has 1 aromatic heterocycles. The fourth-order valence-corrected chi connectivity index (χ4v) is 4.99. The van der Waals surface area contributed by atoms with E-state index in [2.05, 4.69) is 34.1 Å². The molecule has 3 heterocycles. The summed E-state index contributed by atoms with van der Waals surface area (Å²) >= 11 is 1.96. The number of hydrogen-bond donors (Lipinski definition) is 1. The van der Waals surface area contributed by atoms with Gasteiger partial charge in [-0.25, -0.2) is 0 Å². The second kappa shape index (κ2) is 8.09. The van der Waals surface area contributed by atoms with Crippen molar-refractivity contribution in [1.82, 2.24) is 14.4 Å². The lowest BCUT2D eigenvalue weighted by molar-refractivity contribution is 0.236. The van der Waals surface area contributed by atoms with E-state index in [1.165, 1.54) is 11.1 Å². The van der Waals surface area contributed by atoms with Crippen molar-refractivity contribution in [3.8, 4) is 5.75 Å². The van der Waals surface area contributed by atoms with Crippen molar-refractivity contribution in [2.24, 2.45) is 7.05 Å². The van der Waals surface area contributed by atoms with E-state index >= 15 is 0 Å². The van der Waals surface area contributed by atoms with Crippen molar-refractivity contribution in [2.75, 3.05) is 31.1 Å². The van der Waals surface area contributed by atoms with Crippen LogP contribution in [0.3, 0.4) is 0 Å². The second-order valence-corrected chi connectivity index (χ2v) is 8.70. The van der Waals surface area contributed by atoms with Gasteiger partial charge in [-0.1, -0.05) is 24.3 Å². The Balaban J connectivity index is 1.55. The molecular formula is C21H27N3O2S. The van der Waals surface area contributed by atoms with Gasteiger partial charge in [0.15, 0.2) is 5.75 Å². The molecule has 0 bridgehead atoms. The van der Waals surface area contributed by atoms with Crippen LogP contribution in [0.25, 0.3) is 0 Å². The van der Waals surface area contributed by atoms with Gasteiger partial charge in [0, 0.05) is 69.6 Å². The van der Waals surface area contributed by atoms with Crippen LogP contribution < -0.4 is 5.43 Å². The summed E-state index contributed by atoms with van der Waals surface area (Å²) in [6.45, 7) is 5.27. The minimum absolute atomic E-state index is 0.0940. The Bertz CT molecular complexity index is 874. The highest BCUT2D eigenvalue weighted by Crippen LogP contribution is 2.22. The van der Waals surface area contributed by atoms with Crippen molar-refractivity contribution in [1.29, 1.82) is 0 Å². The maximum Gasteiger partial charge on any atom is 0.223 e. The first-order valence-electron chi connectivity index (χ1n) is 9.62. The Morgan fingerprint density at radius 3 is 2.56 bits per heavy atom. The average Bonchev–Trinajstić information content (AvgIpc) is 2.70. The largest absolute Gasteiger partial charge is 0.503 e. The molecule has 1 N–H and O–H groups in total. The number of thioether (sulfide) groups is 1. The first-order chi connectivity index (χ1) is 13.1. The van der Waals surface area contributed by atoms with Crippen LogP contribution in [0.1, 0.15) is 22.5 Å². The van der Waals surface area contributed by atoms with Crippen LogP contribution in [0, 0.1) is 0 Å². The molecule has 27 heavy (non-hydrogen) atoms. The molecule has 0 spiro atoms. The van der Waals surface area contributed by atoms with Crippen molar-refractivity contribution in [2.45, 2.75) is 26.1 Å². The maximum absolute atomic E-state index is 12.4. The van der Waals surface area contributed by atoms with E-state index in [0.29, 0.717) is 6.54 Å². The lowest BCUT2D eigenvalue weighted by Crippen LogP contribution is -2.35. The highest BCUT2D eigenvalue weighted by atomic mass is 32.2. The number of hydrogen-bond acceptors (Lipinski definition) is 5. The van der Waals surface area contributed by atoms with Crippen LogP contribution in [0.15, 0.2) is 35.1 Å². The van der Waals surface area contributed by atoms with Gasteiger partial charge in [-0.05, 0) is 17.5 Å². The van der Waals surface area contributed by atoms with Crippen LogP contribution in [0.2, 0.25) is 0 Å². The Morgan fingerprint density at radius 2 is 1.78 bits per heavy atom. The van der Waals surface area contributed by atoms with Crippen LogP contribution in [0.5, 0.6) is 5.75 Å². The molecule has 1 fully saturated rings. The Morgan fingerprint density at radius 1 is 1.04 bits per heavy atom. The SMILES string of the molecule is Cn1c(CN2CCc3ccccc3C2)cc(=O)c(O)c1CN1CCSCC1. The van der Waals surface area contributed by atoms with E-state index in [4.69, 9.17) is 0 Å². The molecule has 1 aromatic carbocycles. The van der Waals surface area contributed by atoms with Gasteiger partial charge in [0.1, 0.15) is 0 Å². The highest BCUT2D eigenvalue weighted by Gasteiger charge is 2.21. The molecule has 144 valence electrons. The molecule has 4 rings (SSSR count). The topological polar surface area (TPSA) is 48.7 Å². The number of aromatic nitrogens is 1. The number of fused-ring (bicyclic) bond motifs is 1. The maximum atomic E-state index is 12.4. The molecule has 2 aromatic rings. The standard InChI is InChI=1S/C21H27N3O2S/c1-22-18(14-24-7-6-16-4-2-3-5-17(16)13-24)12-20(25)21(26)19(22)15-23-8-10-27-11-9-23/h2-5,12,26H,6-11,13-15H2,1H3. The summed E-state index contributed by atoms with van der Waals surface area (Å²) in [5, 5.41) is 10.4. The first kappa shape index (κ1) is 18.6. The molecule has 0 atom stereocenters. The van der Waals surface area contributed by atoms with Gasteiger partial charge < -0.3 is 9.67 Å². The molecule has 0 unspecified atom stereocenters. The first-order valence-corrected chi connectivity index (χ1v) is 10.8. The molecular weight excluding hydrogens is 358 g/mol. The molecule has 0 radical (unpaired) electrons. The molecule has 0 saturated carbocycles. The van der Waals surface area contributed by atoms with Crippen LogP contribution in [-0.2, 0) is 33.1 Å². The van der Waals surface area contributed by atoms with Gasteiger partial charge in [0.25, 0.3) is 0 Å². The Hall–Kier alpha value is -1.76. The molecule has 2 aliphatic heterocycles. The normalized spacial score (nSPS) is 18.4. The van der Waals surface area contributed by atoms with Gasteiger partial charge in [0.2, 0.25) is 5.43 Å². The number of pyridine rings is 1. The third kappa shape index (κ3) is 4.08. The average molecular weight is 386 g/mol. The zero-order valence-electron chi connectivity index (χ0n) is 15.9. The minimum atomic E-state index is -0.262. The van der Waals surface area contributed by atoms with Gasteiger partial charge in [0.05, 0.1) is 5.69 Å². The molecule has 5 nitrogen and oxygen atoms in total. The van der Waals surface area contributed by atoms with Gasteiger partial charge >= 0.3 is 0 Å². The van der Waals surface area contributed by atoms with E-state index < -0.39 is 0 Å². The predicted octanol–water partition coefficient (Wildman–Crippen LogP) is 2.20. The van der Waals surface area contributed by atoms with Gasteiger partial charge in [-0.15, -0.1) is 0 Å². The summed E-state index contributed by atoms with van der Waals surface area (Å²) in [4.78, 5) is 17.1. The zero-order chi connectivity index (χ0) is 18.8. The van der Waals surface area contributed by atoms with Gasteiger partial charge in [-0.2, -0.15) is 11.8 Å². The monoisotopic (exact) mass is 385 g/mol. The number of aromatic hydroxyl groups is 1. The van der Waals surface area contributed by atoms with E-state index in [1.807, 2.05) is 23.4 Å². The van der Waals surface area contributed by atoms with E-state index in [0.717, 1.165) is 62.0 Å². The predicted molar refractivity (Wildman–Crippen MR) is 110 cm³/mol. The molecule has 1 saturated heterocycles. The van der Waals surface area contributed by atoms with E-state index in [-0.39, 0.29) is 11.2 Å². The lowest BCUT2D eigenvalue weighted by Gasteiger charge is -2.31. The third-order valence-corrected chi connectivity index (χ3v) is 6.66. The number of rotatable bonds is 4. The van der Waals surface area contributed by atoms with Gasteiger partial charge in [-0.3, -0.25) is 14.6 Å². The quantitative estimate of drug-likeness (QED) is 0.874.